The van der Waals surface area contributed by atoms with E-state index in [0.29, 0.717) is 15.2 Å². The predicted octanol–water partition coefficient (Wildman–Crippen LogP) is 5.34. The number of aryl methyl sites for hydroxylation is 1. The Morgan fingerprint density at radius 1 is 1.32 bits per heavy atom. The number of benzene rings is 1. The summed E-state index contributed by atoms with van der Waals surface area (Å²) >= 11 is 2.67. The molecular formula is C22H22FN5OS2. The number of hydrogen-bond acceptors (Lipinski definition) is 6. The smallest absolute Gasteiger partial charge is 0.268 e. The SMILES string of the molecule is CCCn1c(C)cc(/C=C(\C#N)C(=O)Nc2nnc(SCc3ccc(F)cc3)s2)c1C. The molecule has 3 rings (SSSR count). The monoisotopic (exact) mass is 455 g/mol. The van der Waals surface area contributed by atoms with Gasteiger partial charge in [-0.3, -0.25) is 10.1 Å². The number of hydrogen-bond donors (Lipinski definition) is 1. The number of amides is 1. The van der Waals surface area contributed by atoms with E-state index in [1.807, 2.05) is 26.0 Å². The number of nitrogens with zero attached hydrogens (tertiary/aromatic N) is 4. The highest BCUT2D eigenvalue weighted by atomic mass is 32.2. The summed E-state index contributed by atoms with van der Waals surface area (Å²) in [6.07, 6.45) is 2.61. The normalized spacial score (nSPS) is 11.4. The summed E-state index contributed by atoms with van der Waals surface area (Å²) in [4.78, 5) is 12.6. The van der Waals surface area contributed by atoms with Crippen molar-refractivity contribution in [2.24, 2.45) is 0 Å². The van der Waals surface area contributed by atoms with Crippen molar-refractivity contribution in [2.75, 3.05) is 5.32 Å². The van der Waals surface area contributed by atoms with Crippen LogP contribution in [0.5, 0.6) is 0 Å². The molecule has 0 aliphatic carbocycles. The van der Waals surface area contributed by atoms with Gasteiger partial charge < -0.3 is 4.57 Å². The van der Waals surface area contributed by atoms with Crippen LogP contribution in [0.3, 0.4) is 0 Å². The Balaban J connectivity index is 1.66. The van der Waals surface area contributed by atoms with Crippen molar-refractivity contribution < 1.29 is 9.18 Å². The number of halogens is 1. The number of thioether (sulfide) groups is 1. The second-order valence-electron chi connectivity index (χ2n) is 6.89. The van der Waals surface area contributed by atoms with Gasteiger partial charge in [-0.15, -0.1) is 10.2 Å². The molecule has 0 unspecified atom stereocenters. The van der Waals surface area contributed by atoms with Crippen LogP contribution < -0.4 is 5.32 Å². The summed E-state index contributed by atoms with van der Waals surface area (Å²) in [5, 5.41) is 20.5. The van der Waals surface area contributed by atoms with Crippen molar-refractivity contribution in [2.45, 2.75) is 43.8 Å². The molecule has 0 saturated carbocycles. The summed E-state index contributed by atoms with van der Waals surface area (Å²) in [6, 6.07) is 10.2. The number of rotatable bonds is 8. The number of aromatic nitrogens is 3. The molecule has 3 aromatic rings. The maximum Gasteiger partial charge on any atom is 0.268 e. The van der Waals surface area contributed by atoms with Gasteiger partial charge in [-0.25, -0.2) is 4.39 Å². The first-order chi connectivity index (χ1) is 14.9. The molecule has 1 amide bonds. The van der Waals surface area contributed by atoms with Gasteiger partial charge in [0.1, 0.15) is 17.5 Å². The molecule has 0 aliphatic rings. The highest BCUT2D eigenvalue weighted by Gasteiger charge is 2.15. The van der Waals surface area contributed by atoms with Gasteiger partial charge in [-0.2, -0.15) is 5.26 Å². The lowest BCUT2D eigenvalue weighted by molar-refractivity contribution is -0.112. The molecule has 0 atom stereocenters. The third-order valence-corrected chi connectivity index (χ3v) is 6.67. The number of carbonyl (C=O) groups is 1. The topological polar surface area (TPSA) is 83.6 Å². The van der Waals surface area contributed by atoms with Crippen LogP contribution in [0.2, 0.25) is 0 Å². The molecule has 0 aliphatic heterocycles. The van der Waals surface area contributed by atoms with Gasteiger partial charge in [0.2, 0.25) is 5.13 Å². The van der Waals surface area contributed by atoms with E-state index < -0.39 is 5.91 Å². The fraction of sp³-hybridized carbons (Fsp3) is 0.273. The maximum atomic E-state index is 13.0. The molecule has 1 aromatic carbocycles. The minimum atomic E-state index is -0.519. The lowest BCUT2D eigenvalue weighted by atomic mass is 10.1. The molecule has 0 spiro atoms. The van der Waals surface area contributed by atoms with E-state index in [2.05, 4.69) is 27.0 Å². The van der Waals surface area contributed by atoms with Crippen molar-refractivity contribution in [1.29, 1.82) is 5.26 Å². The Morgan fingerprint density at radius 2 is 2.06 bits per heavy atom. The standard InChI is InChI=1S/C22H22FN5OS2/c1-4-9-28-14(2)10-17(15(28)3)11-18(12-24)20(29)25-21-26-27-22(31-21)30-13-16-5-7-19(23)8-6-16/h5-8,10-11H,4,9,13H2,1-3H3,(H,25,26,29)/b18-11+. The molecule has 31 heavy (non-hydrogen) atoms. The largest absolute Gasteiger partial charge is 0.349 e. The first-order valence-corrected chi connectivity index (χ1v) is 11.5. The third-order valence-electron chi connectivity index (χ3n) is 4.63. The molecule has 0 fully saturated rings. The van der Waals surface area contributed by atoms with Gasteiger partial charge >= 0.3 is 0 Å². The van der Waals surface area contributed by atoms with E-state index in [4.69, 9.17) is 0 Å². The van der Waals surface area contributed by atoms with Crippen LogP contribution in [0.4, 0.5) is 9.52 Å². The van der Waals surface area contributed by atoms with Crippen LogP contribution in [0.15, 0.2) is 40.2 Å². The molecule has 9 heteroatoms. The Morgan fingerprint density at radius 3 is 2.74 bits per heavy atom. The van der Waals surface area contributed by atoms with Crippen molar-refractivity contribution in [3.63, 3.8) is 0 Å². The molecule has 160 valence electrons. The Labute approximate surface area is 188 Å². The summed E-state index contributed by atoms with van der Waals surface area (Å²) in [7, 11) is 0. The van der Waals surface area contributed by atoms with Crippen molar-refractivity contribution in [3.8, 4) is 6.07 Å². The molecule has 2 aromatic heterocycles. The molecule has 2 heterocycles. The number of nitriles is 1. The van der Waals surface area contributed by atoms with E-state index in [-0.39, 0.29) is 11.4 Å². The van der Waals surface area contributed by atoms with E-state index in [9.17, 15) is 14.4 Å². The molecule has 0 bridgehead atoms. The quantitative estimate of drug-likeness (QED) is 0.214. The number of nitrogens with one attached hydrogen (secondary N) is 1. The highest BCUT2D eigenvalue weighted by molar-refractivity contribution is 8.00. The average Bonchev–Trinajstić information content (AvgIpc) is 3.30. The lowest BCUT2D eigenvalue weighted by Crippen LogP contribution is -2.13. The third kappa shape index (κ3) is 5.81. The molecular weight excluding hydrogens is 433 g/mol. The first-order valence-electron chi connectivity index (χ1n) is 9.72. The molecule has 1 N–H and O–H groups in total. The fourth-order valence-corrected chi connectivity index (χ4v) is 4.76. The lowest BCUT2D eigenvalue weighted by Gasteiger charge is -2.07. The average molecular weight is 456 g/mol. The Kier molecular flexibility index (Phi) is 7.60. The van der Waals surface area contributed by atoms with Crippen LogP contribution in [-0.4, -0.2) is 20.7 Å². The van der Waals surface area contributed by atoms with Gasteiger partial charge in [0.05, 0.1) is 0 Å². The Bertz CT molecular complexity index is 1140. The predicted molar refractivity (Wildman–Crippen MR) is 122 cm³/mol. The number of anilines is 1. The minimum absolute atomic E-state index is 0.00691. The van der Waals surface area contributed by atoms with Gasteiger partial charge in [-0.05, 0) is 55.7 Å². The second-order valence-corrected chi connectivity index (χ2v) is 9.09. The summed E-state index contributed by atoms with van der Waals surface area (Å²) in [5.74, 6) is -0.183. The summed E-state index contributed by atoms with van der Waals surface area (Å²) < 4.78 is 15.8. The zero-order valence-electron chi connectivity index (χ0n) is 17.5. The van der Waals surface area contributed by atoms with Crippen LogP contribution in [0.25, 0.3) is 6.08 Å². The van der Waals surface area contributed by atoms with E-state index in [0.717, 1.165) is 35.5 Å². The van der Waals surface area contributed by atoms with Crippen LogP contribution >= 0.6 is 23.1 Å². The molecule has 0 saturated heterocycles. The van der Waals surface area contributed by atoms with Gasteiger partial charge in [0.25, 0.3) is 5.91 Å². The van der Waals surface area contributed by atoms with Crippen LogP contribution in [0.1, 0.15) is 35.9 Å². The van der Waals surface area contributed by atoms with Crippen LogP contribution in [-0.2, 0) is 17.1 Å². The molecule has 6 nitrogen and oxygen atoms in total. The van der Waals surface area contributed by atoms with Crippen molar-refractivity contribution in [1.82, 2.24) is 14.8 Å². The summed E-state index contributed by atoms with van der Waals surface area (Å²) in [6.45, 7) is 6.99. The van der Waals surface area contributed by atoms with Gasteiger partial charge in [-0.1, -0.05) is 42.2 Å². The van der Waals surface area contributed by atoms with Crippen molar-refractivity contribution >= 4 is 40.2 Å². The van der Waals surface area contributed by atoms with E-state index in [1.54, 1.807) is 18.2 Å². The van der Waals surface area contributed by atoms with E-state index in [1.165, 1.54) is 35.2 Å². The zero-order chi connectivity index (χ0) is 22.4. The van der Waals surface area contributed by atoms with Gasteiger partial charge in [0.15, 0.2) is 4.34 Å². The Hall–Kier alpha value is -2.96. The highest BCUT2D eigenvalue weighted by Crippen LogP contribution is 2.28. The maximum absolute atomic E-state index is 13.0. The summed E-state index contributed by atoms with van der Waals surface area (Å²) in [5.41, 5.74) is 3.94. The minimum Gasteiger partial charge on any atom is -0.349 e. The van der Waals surface area contributed by atoms with E-state index >= 15 is 0 Å². The second kappa shape index (κ2) is 10.4. The van der Waals surface area contributed by atoms with Gasteiger partial charge in [0, 0.05) is 23.7 Å². The zero-order valence-corrected chi connectivity index (χ0v) is 19.1. The van der Waals surface area contributed by atoms with Crippen molar-refractivity contribution in [3.05, 3.63) is 64.2 Å². The fourth-order valence-electron chi connectivity index (χ4n) is 3.05. The number of carbonyl (C=O) groups excluding carboxylic acids is 1. The molecule has 0 radical (unpaired) electrons. The first kappa shape index (κ1) is 22.7. The van der Waals surface area contributed by atoms with Crippen LogP contribution in [0, 0.1) is 31.0 Å².